The van der Waals surface area contributed by atoms with Crippen molar-refractivity contribution in [1.82, 2.24) is 4.81 Å². The van der Waals surface area contributed by atoms with E-state index < -0.39 is 8.07 Å². The smallest absolute Gasteiger partial charge is 0.386 e. The first-order valence-electron chi connectivity index (χ1n) is 8.22. The highest BCUT2D eigenvalue weighted by atomic mass is 28.3. The Labute approximate surface area is 128 Å². The maximum atomic E-state index is 6.24. The second-order valence-electron chi connectivity index (χ2n) is 7.97. The van der Waals surface area contributed by atoms with Gasteiger partial charge >= 0.3 is 7.05 Å². The van der Waals surface area contributed by atoms with Gasteiger partial charge in [-0.15, -0.1) is 0 Å². The molecule has 0 amide bonds. The lowest BCUT2D eigenvalue weighted by Crippen LogP contribution is -2.50. The van der Waals surface area contributed by atoms with Crippen molar-refractivity contribution in [2.75, 3.05) is 0 Å². The lowest BCUT2D eigenvalue weighted by Gasteiger charge is -2.35. The quantitative estimate of drug-likeness (QED) is 0.664. The van der Waals surface area contributed by atoms with Crippen LogP contribution in [0.2, 0.25) is 25.5 Å². The first-order chi connectivity index (χ1) is 9.11. The van der Waals surface area contributed by atoms with E-state index in [0.29, 0.717) is 24.0 Å². The molecule has 1 saturated heterocycles. The van der Waals surface area contributed by atoms with Crippen LogP contribution in [-0.4, -0.2) is 38.1 Å². The molecule has 4 heteroatoms. The van der Waals surface area contributed by atoms with Gasteiger partial charge in [0, 0.05) is 6.10 Å². The zero-order chi connectivity index (χ0) is 15.5. The molecule has 1 fully saturated rings. The number of rotatable bonds is 6. The summed E-state index contributed by atoms with van der Waals surface area (Å²) in [6.45, 7) is 18.5. The van der Waals surface area contributed by atoms with Gasteiger partial charge in [0.15, 0.2) is 0 Å². The molecule has 2 atom stereocenters. The van der Waals surface area contributed by atoms with Crippen molar-refractivity contribution in [2.45, 2.75) is 91.1 Å². The van der Waals surface area contributed by atoms with Gasteiger partial charge in [-0.25, -0.2) is 0 Å². The molecule has 1 aliphatic heterocycles. The predicted molar refractivity (Wildman–Crippen MR) is 93.9 cm³/mol. The minimum Gasteiger partial charge on any atom is -0.419 e. The van der Waals surface area contributed by atoms with E-state index in [-0.39, 0.29) is 7.05 Å². The molecule has 20 heavy (non-hydrogen) atoms. The molecule has 0 saturated carbocycles. The molecule has 1 aliphatic rings. The fourth-order valence-corrected chi connectivity index (χ4v) is 4.10. The zero-order valence-electron chi connectivity index (χ0n) is 14.8. The molecule has 0 N–H and O–H groups in total. The largest absolute Gasteiger partial charge is 0.419 e. The maximum Gasteiger partial charge on any atom is 0.386 e. The summed E-state index contributed by atoms with van der Waals surface area (Å²) in [6, 6.07) is 1.07. The average Bonchev–Trinajstić information content (AvgIpc) is 2.56. The number of hydrogen-bond donors (Lipinski definition) is 0. The van der Waals surface area contributed by atoms with E-state index in [4.69, 9.17) is 4.65 Å². The Hall–Kier alpha value is -0.0582. The molecule has 116 valence electrons. The SMILES string of the molecule is CC(C)N(B1O[C@H](C)C[C@@H]1C/C=C/[Si](C)(C)C)C(C)C. The van der Waals surface area contributed by atoms with Gasteiger partial charge in [-0.3, -0.25) is 0 Å². The highest BCUT2D eigenvalue weighted by Gasteiger charge is 2.43. The van der Waals surface area contributed by atoms with Crippen LogP contribution in [0.25, 0.3) is 0 Å². The van der Waals surface area contributed by atoms with Crippen LogP contribution in [0.15, 0.2) is 11.8 Å². The molecule has 1 heterocycles. The number of allylic oxidation sites excluding steroid dienone is 1. The standard InChI is InChI=1S/C16H34BNOSi/c1-13(2)18(14(3)4)17-16(12-15(5)19-17)10-9-11-20(6,7)8/h9,11,13-16H,10,12H2,1-8H3/b11-9+/t15-,16+/m1/s1. The van der Waals surface area contributed by atoms with Crippen LogP contribution < -0.4 is 0 Å². The molecule has 2 nitrogen and oxygen atoms in total. The average molecular weight is 295 g/mol. The monoisotopic (exact) mass is 295 g/mol. The third kappa shape index (κ3) is 5.38. The van der Waals surface area contributed by atoms with E-state index in [1.807, 2.05) is 0 Å². The van der Waals surface area contributed by atoms with Crippen LogP contribution in [0.5, 0.6) is 0 Å². The zero-order valence-corrected chi connectivity index (χ0v) is 15.8. The molecular formula is C16H34BNOSi. The lowest BCUT2D eigenvalue weighted by atomic mass is 9.63. The molecule has 0 spiro atoms. The van der Waals surface area contributed by atoms with Gasteiger partial charge in [0.25, 0.3) is 0 Å². The van der Waals surface area contributed by atoms with Crippen molar-refractivity contribution < 1.29 is 4.65 Å². The van der Waals surface area contributed by atoms with Crippen molar-refractivity contribution in [1.29, 1.82) is 0 Å². The highest BCUT2D eigenvalue weighted by molar-refractivity contribution is 6.80. The van der Waals surface area contributed by atoms with E-state index in [1.54, 1.807) is 0 Å². The molecular weight excluding hydrogens is 261 g/mol. The first kappa shape index (κ1) is 18.0. The Balaban J connectivity index is 2.75. The molecule has 1 rings (SSSR count). The van der Waals surface area contributed by atoms with Gasteiger partial charge < -0.3 is 9.47 Å². The summed E-state index contributed by atoms with van der Waals surface area (Å²) in [5.74, 6) is 0.641. The Kier molecular flexibility index (Phi) is 6.55. The maximum absolute atomic E-state index is 6.24. The topological polar surface area (TPSA) is 12.5 Å². The van der Waals surface area contributed by atoms with Crippen LogP contribution in [0.4, 0.5) is 0 Å². The molecule has 0 aromatic heterocycles. The van der Waals surface area contributed by atoms with E-state index in [2.05, 4.69) is 70.8 Å². The van der Waals surface area contributed by atoms with Gasteiger partial charge in [-0.2, -0.15) is 0 Å². The molecule has 0 aromatic rings. The third-order valence-electron chi connectivity index (χ3n) is 3.95. The normalized spacial score (nSPS) is 24.9. The molecule has 0 bridgehead atoms. The van der Waals surface area contributed by atoms with E-state index in [0.717, 1.165) is 6.42 Å². The second-order valence-corrected chi connectivity index (χ2v) is 13.0. The summed E-state index contributed by atoms with van der Waals surface area (Å²) in [7, 11) is -0.786. The molecule has 0 aliphatic carbocycles. The molecule has 0 aromatic carbocycles. The van der Waals surface area contributed by atoms with Gasteiger partial charge in [0.2, 0.25) is 0 Å². The minimum atomic E-state index is -1.07. The molecule has 0 unspecified atom stereocenters. The predicted octanol–water partition coefficient (Wildman–Crippen LogP) is 4.60. The summed E-state index contributed by atoms with van der Waals surface area (Å²) in [5.41, 5.74) is 2.47. The fraction of sp³-hybridized carbons (Fsp3) is 0.875. The Bertz CT molecular complexity index is 317. The van der Waals surface area contributed by atoms with Crippen molar-refractivity contribution in [3.63, 3.8) is 0 Å². The summed E-state index contributed by atoms with van der Waals surface area (Å²) in [6.07, 6.45) is 5.17. The Morgan fingerprint density at radius 3 is 2.20 bits per heavy atom. The van der Waals surface area contributed by atoms with Gasteiger partial charge in [-0.05, 0) is 37.7 Å². The Morgan fingerprint density at radius 2 is 1.75 bits per heavy atom. The summed E-state index contributed by atoms with van der Waals surface area (Å²) < 4.78 is 6.24. The third-order valence-corrected chi connectivity index (χ3v) is 5.19. The van der Waals surface area contributed by atoms with E-state index in [9.17, 15) is 0 Å². The second kappa shape index (κ2) is 7.28. The summed E-state index contributed by atoms with van der Waals surface area (Å²) >= 11 is 0. The van der Waals surface area contributed by atoms with Crippen molar-refractivity contribution in [3.05, 3.63) is 11.8 Å². The lowest BCUT2D eigenvalue weighted by molar-refractivity contribution is 0.192. The van der Waals surface area contributed by atoms with Gasteiger partial charge in [0.05, 0.1) is 8.07 Å². The number of hydrogen-bond acceptors (Lipinski definition) is 2. The first-order valence-corrected chi connectivity index (χ1v) is 11.8. The van der Waals surface area contributed by atoms with Gasteiger partial charge in [-0.1, -0.05) is 59.1 Å². The van der Waals surface area contributed by atoms with Gasteiger partial charge in [0.1, 0.15) is 0 Å². The van der Waals surface area contributed by atoms with E-state index >= 15 is 0 Å². The summed E-state index contributed by atoms with van der Waals surface area (Å²) in [4.78, 5) is 2.54. The van der Waals surface area contributed by atoms with Crippen LogP contribution in [0.1, 0.15) is 47.5 Å². The van der Waals surface area contributed by atoms with Crippen LogP contribution >= 0.6 is 0 Å². The molecule has 0 radical (unpaired) electrons. The van der Waals surface area contributed by atoms with Crippen molar-refractivity contribution in [3.8, 4) is 0 Å². The highest BCUT2D eigenvalue weighted by Crippen LogP contribution is 2.35. The number of nitrogens with zero attached hydrogens (tertiary/aromatic N) is 1. The summed E-state index contributed by atoms with van der Waals surface area (Å²) in [5, 5.41) is 0. The van der Waals surface area contributed by atoms with E-state index in [1.165, 1.54) is 6.42 Å². The Morgan fingerprint density at radius 1 is 1.20 bits per heavy atom. The van der Waals surface area contributed by atoms with Crippen LogP contribution in [-0.2, 0) is 4.65 Å². The van der Waals surface area contributed by atoms with Crippen LogP contribution in [0.3, 0.4) is 0 Å². The van der Waals surface area contributed by atoms with Crippen molar-refractivity contribution >= 4 is 15.1 Å². The van der Waals surface area contributed by atoms with Crippen LogP contribution in [0, 0.1) is 0 Å². The fourth-order valence-electron chi connectivity index (χ4n) is 3.25. The van der Waals surface area contributed by atoms with Crippen molar-refractivity contribution in [2.24, 2.45) is 0 Å². The minimum absolute atomic E-state index is 0.288.